The molecule has 0 bridgehead atoms. The third kappa shape index (κ3) is 9.94. The van der Waals surface area contributed by atoms with Crippen LogP contribution >= 0.6 is 0 Å². The molecule has 0 amide bonds. The zero-order chi connectivity index (χ0) is 33.8. The maximum Gasteiger partial charge on any atom is 3.00 e. The van der Waals surface area contributed by atoms with Crippen LogP contribution in [-0.4, -0.2) is 27.5 Å². The minimum absolute atomic E-state index is 0. The van der Waals surface area contributed by atoms with Crippen molar-refractivity contribution in [2.24, 2.45) is 0 Å². The summed E-state index contributed by atoms with van der Waals surface area (Å²) in [7, 11) is 0. The number of hydrogen-bond acceptors (Lipinski definition) is 5. The molecule has 5 nitrogen and oxygen atoms in total. The van der Waals surface area contributed by atoms with Crippen LogP contribution in [0.2, 0.25) is 0 Å². The van der Waals surface area contributed by atoms with Crippen molar-refractivity contribution in [3.8, 4) is 33.8 Å². The first-order valence-corrected chi connectivity index (χ1v) is 14.0. The van der Waals surface area contributed by atoms with E-state index in [1.54, 1.807) is 55.7 Å². The summed E-state index contributed by atoms with van der Waals surface area (Å²) < 4.78 is 70.9. The predicted octanol–water partition coefficient (Wildman–Crippen LogP) is 8.82. The molecule has 0 saturated heterocycles. The normalized spacial score (nSPS) is 9.98. The number of rotatable bonds is 5. The SMILES string of the molecule is CCOC(=O)c1c(F)c[c-]c(-c2ccccn2)c1F.Cc1cc(F)c[c-]c1-c1ccccn1.Fc1c[c-]c(-c2ccccn2)c(F)c1.[Ir+3]. The fourth-order valence-corrected chi connectivity index (χ4v) is 4.10. The van der Waals surface area contributed by atoms with E-state index in [9.17, 15) is 26.7 Å². The van der Waals surface area contributed by atoms with Crippen LogP contribution in [0.3, 0.4) is 0 Å². The molecule has 0 fully saturated rings. The number of halogens is 5. The summed E-state index contributed by atoms with van der Waals surface area (Å²) in [4.78, 5) is 23.6. The number of hydrogen-bond donors (Lipinski definition) is 0. The topological polar surface area (TPSA) is 65.0 Å². The molecule has 0 N–H and O–H groups in total. The Morgan fingerprint density at radius 1 is 0.667 bits per heavy atom. The van der Waals surface area contributed by atoms with E-state index in [1.165, 1.54) is 18.3 Å². The molecule has 3 aromatic heterocycles. The molecule has 0 aliphatic rings. The first-order chi connectivity index (χ1) is 22.7. The molecule has 6 rings (SSSR count). The summed E-state index contributed by atoms with van der Waals surface area (Å²) in [5, 5.41) is 0. The number of aromatic nitrogens is 3. The minimum Gasteiger partial charge on any atom is -0.463 e. The van der Waals surface area contributed by atoms with E-state index in [0.29, 0.717) is 5.69 Å². The maximum absolute atomic E-state index is 14.2. The fraction of sp³-hybridized carbons (Fsp3) is 0.0811. The summed E-state index contributed by atoms with van der Waals surface area (Å²) in [5.41, 5.74) is 2.65. The van der Waals surface area contributed by atoms with Gasteiger partial charge in [0, 0.05) is 41.6 Å². The summed E-state index contributed by atoms with van der Waals surface area (Å²) in [6.45, 7) is 3.45. The quantitative estimate of drug-likeness (QED) is 0.0988. The average molecular weight is 831 g/mol. The van der Waals surface area contributed by atoms with E-state index in [4.69, 9.17) is 0 Å². The van der Waals surface area contributed by atoms with Crippen molar-refractivity contribution in [2.75, 3.05) is 6.61 Å². The van der Waals surface area contributed by atoms with Crippen LogP contribution in [0, 0.1) is 54.2 Å². The van der Waals surface area contributed by atoms with Gasteiger partial charge in [-0.05, 0) is 42.2 Å². The Hall–Kier alpha value is -5.12. The zero-order valence-corrected chi connectivity index (χ0v) is 27.8. The zero-order valence-electron chi connectivity index (χ0n) is 25.4. The Balaban J connectivity index is 0.000000197. The van der Waals surface area contributed by atoms with E-state index in [0.717, 1.165) is 35.0 Å². The van der Waals surface area contributed by atoms with Crippen molar-refractivity contribution in [3.05, 3.63) is 162 Å². The first-order valence-electron chi connectivity index (χ1n) is 14.0. The van der Waals surface area contributed by atoms with Crippen molar-refractivity contribution >= 4 is 5.97 Å². The van der Waals surface area contributed by atoms with Crippen molar-refractivity contribution in [1.29, 1.82) is 0 Å². The van der Waals surface area contributed by atoms with Crippen LogP contribution < -0.4 is 0 Å². The molecule has 0 atom stereocenters. The molecule has 0 radical (unpaired) electrons. The van der Waals surface area contributed by atoms with Gasteiger partial charge in [0.1, 0.15) is 0 Å². The van der Waals surface area contributed by atoms with Gasteiger partial charge in [-0.2, -0.15) is 0 Å². The number of benzene rings is 3. The number of ether oxygens (including phenoxy) is 1. The predicted molar refractivity (Wildman–Crippen MR) is 166 cm³/mol. The third-order valence-electron chi connectivity index (χ3n) is 6.22. The number of pyridine rings is 3. The Kier molecular flexibility index (Phi) is 14.2. The first kappa shape index (κ1) is 37.3. The third-order valence-corrected chi connectivity index (χ3v) is 6.22. The van der Waals surface area contributed by atoms with Gasteiger partial charge in [0.2, 0.25) is 0 Å². The number of aryl methyl sites for hydroxylation is 1. The van der Waals surface area contributed by atoms with Crippen LogP contribution in [0.4, 0.5) is 22.0 Å². The van der Waals surface area contributed by atoms with Crippen LogP contribution in [0.25, 0.3) is 33.8 Å². The maximum atomic E-state index is 14.2. The molecule has 48 heavy (non-hydrogen) atoms. The molecule has 0 aliphatic carbocycles. The van der Waals surface area contributed by atoms with Crippen LogP contribution in [0.15, 0.2) is 104 Å². The van der Waals surface area contributed by atoms with Crippen LogP contribution in [0.5, 0.6) is 0 Å². The van der Waals surface area contributed by atoms with Gasteiger partial charge >= 0.3 is 26.1 Å². The minimum atomic E-state index is -1.04. The molecule has 6 aromatic rings. The van der Waals surface area contributed by atoms with Crippen LogP contribution in [-0.2, 0) is 24.8 Å². The van der Waals surface area contributed by atoms with Gasteiger partial charge in [-0.15, -0.1) is 53.6 Å². The fourth-order valence-electron chi connectivity index (χ4n) is 4.10. The van der Waals surface area contributed by atoms with Gasteiger partial charge in [0.15, 0.2) is 0 Å². The molecule has 3 heterocycles. The Bertz CT molecular complexity index is 1850. The summed E-state index contributed by atoms with van der Waals surface area (Å²) >= 11 is 0. The number of carbonyl (C=O) groups is 1. The van der Waals surface area contributed by atoms with Gasteiger partial charge in [0.05, 0.1) is 18.2 Å². The Labute approximate surface area is 287 Å². The van der Waals surface area contributed by atoms with Gasteiger partial charge in [-0.3, -0.25) is 22.0 Å². The van der Waals surface area contributed by atoms with Crippen molar-refractivity contribution < 1.29 is 51.6 Å². The summed E-state index contributed by atoms with van der Waals surface area (Å²) in [5.74, 6) is -4.61. The average Bonchev–Trinajstić information content (AvgIpc) is 3.07. The number of esters is 1. The van der Waals surface area contributed by atoms with E-state index in [1.807, 2.05) is 25.1 Å². The van der Waals surface area contributed by atoms with Crippen molar-refractivity contribution in [2.45, 2.75) is 13.8 Å². The Morgan fingerprint density at radius 2 is 1.15 bits per heavy atom. The summed E-state index contributed by atoms with van der Waals surface area (Å²) in [6.07, 6.45) is 4.73. The molecule has 11 heteroatoms. The van der Waals surface area contributed by atoms with Crippen molar-refractivity contribution in [3.63, 3.8) is 0 Å². The van der Waals surface area contributed by atoms with E-state index in [-0.39, 0.29) is 49.4 Å². The second-order valence-corrected chi connectivity index (χ2v) is 9.48. The molecule has 0 unspecified atom stereocenters. The molecule has 0 spiro atoms. The second kappa shape index (κ2) is 18.3. The number of carbonyl (C=O) groups excluding carboxylic acids is 1. The standard InChI is InChI=1S/C14H10F2NO2.C12H9FN.C11H6F2N.Ir/c1-2-19-14(18)12-10(15)7-6-9(13(12)16)11-5-3-4-8-17-11;1-9-8-10(13)5-6-11(9)12-4-2-3-7-14-12;12-8-4-5-9(10(13)7-8)11-3-1-2-6-14-11;/h3-5,7-8H,2H2,1H3;2-5,7-8H,1H3;1-4,6-7H;/q3*-1;+3. The van der Waals surface area contributed by atoms with E-state index in [2.05, 4.69) is 37.9 Å². The van der Waals surface area contributed by atoms with Gasteiger partial charge in [-0.1, -0.05) is 60.5 Å². The van der Waals surface area contributed by atoms with Crippen LogP contribution in [0.1, 0.15) is 22.8 Å². The molecule has 3 aromatic carbocycles. The van der Waals surface area contributed by atoms with E-state index < -0.39 is 34.8 Å². The largest absolute Gasteiger partial charge is 3.00 e. The molecular weight excluding hydrogens is 806 g/mol. The number of nitrogens with zero attached hydrogens (tertiary/aromatic N) is 3. The van der Waals surface area contributed by atoms with Gasteiger partial charge in [-0.25, -0.2) is 4.79 Å². The summed E-state index contributed by atoms with van der Waals surface area (Å²) in [6, 6.07) is 29.1. The second-order valence-electron chi connectivity index (χ2n) is 9.48. The monoisotopic (exact) mass is 831 g/mol. The molecule has 0 aliphatic heterocycles. The molecular formula is C37H25F5IrN3O2. The van der Waals surface area contributed by atoms with Crippen molar-refractivity contribution in [1.82, 2.24) is 15.0 Å². The van der Waals surface area contributed by atoms with E-state index >= 15 is 0 Å². The molecule has 244 valence electrons. The van der Waals surface area contributed by atoms with Gasteiger partial charge < -0.3 is 19.7 Å². The molecule has 0 saturated carbocycles. The van der Waals surface area contributed by atoms with Gasteiger partial charge in [0.25, 0.3) is 0 Å². The smallest absolute Gasteiger partial charge is 0.463 e. The Morgan fingerprint density at radius 3 is 1.62 bits per heavy atom.